The SMILES string of the molecule is CCNC(=NCCCN(C)CC(F)(F)F)NCCOCC.I. The largest absolute Gasteiger partial charge is 0.401 e. The monoisotopic (exact) mass is 440 g/mol. The van der Waals surface area contributed by atoms with Gasteiger partial charge in [-0.05, 0) is 33.9 Å². The highest BCUT2D eigenvalue weighted by Crippen LogP contribution is 2.15. The second-order valence-electron chi connectivity index (χ2n) is 4.59. The van der Waals surface area contributed by atoms with Gasteiger partial charge in [0.25, 0.3) is 0 Å². The molecule has 0 aliphatic heterocycles. The van der Waals surface area contributed by atoms with E-state index in [-0.39, 0.29) is 24.0 Å². The summed E-state index contributed by atoms with van der Waals surface area (Å²) in [6, 6.07) is 0. The molecule has 0 radical (unpaired) electrons. The third-order valence-electron chi connectivity index (χ3n) is 2.50. The average molecular weight is 440 g/mol. The first-order valence-electron chi connectivity index (χ1n) is 7.24. The first kappa shape index (κ1) is 24.0. The Morgan fingerprint density at radius 1 is 1.23 bits per heavy atom. The summed E-state index contributed by atoms with van der Waals surface area (Å²) in [5.74, 6) is 0.663. The molecule has 0 unspecified atom stereocenters. The Labute approximate surface area is 148 Å². The van der Waals surface area contributed by atoms with Crippen molar-refractivity contribution < 1.29 is 17.9 Å². The Morgan fingerprint density at radius 3 is 2.45 bits per heavy atom. The highest BCUT2D eigenvalue weighted by Gasteiger charge is 2.28. The molecule has 22 heavy (non-hydrogen) atoms. The summed E-state index contributed by atoms with van der Waals surface area (Å²) in [5, 5.41) is 6.18. The molecular formula is C13H28F3IN4O. The summed E-state index contributed by atoms with van der Waals surface area (Å²) in [4.78, 5) is 5.57. The van der Waals surface area contributed by atoms with Crippen LogP contribution in [0.5, 0.6) is 0 Å². The van der Waals surface area contributed by atoms with Gasteiger partial charge in [-0.15, -0.1) is 24.0 Å². The Hall–Kier alpha value is -0.290. The van der Waals surface area contributed by atoms with Gasteiger partial charge in [0.15, 0.2) is 5.96 Å². The number of guanidine groups is 1. The van der Waals surface area contributed by atoms with Crippen LogP contribution >= 0.6 is 24.0 Å². The van der Waals surface area contributed by atoms with Gasteiger partial charge in [0.2, 0.25) is 0 Å². The topological polar surface area (TPSA) is 48.9 Å². The smallest absolute Gasteiger partial charge is 0.380 e. The molecule has 9 heteroatoms. The van der Waals surface area contributed by atoms with Gasteiger partial charge in [-0.25, -0.2) is 0 Å². The molecule has 0 aromatic heterocycles. The molecule has 0 saturated carbocycles. The molecule has 0 spiro atoms. The summed E-state index contributed by atoms with van der Waals surface area (Å²) in [6.45, 7) is 6.47. The minimum absolute atomic E-state index is 0. The summed E-state index contributed by atoms with van der Waals surface area (Å²) in [6.07, 6.45) is -3.57. The van der Waals surface area contributed by atoms with E-state index in [1.807, 2.05) is 13.8 Å². The molecule has 0 aliphatic rings. The van der Waals surface area contributed by atoms with E-state index in [4.69, 9.17) is 4.74 Å². The van der Waals surface area contributed by atoms with Crippen molar-refractivity contribution in [3.63, 3.8) is 0 Å². The molecule has 0 aromatic rings. The van der Waals surface area contributed by atoms with Crippen LogP contribution in [0.25, 0.3) is 0 Å². The van der Waals surface area contributed by atoms with Gasteiger partial charge < -0.3 is 15.4 Å². The Bertz CT molecular complexity index is 291. The van der Waals surface area contributed by atoms with Crippen molar-refractivity contribution in [2.45, 2.75) is 26.4 Å². The van der Waals surface area contributed by atoms with Gasteiger partial charge >= 0.3 is 6.18 Å². The Morgan fingerprint density at radius 2 is 1.91 bits per heavy atom. The van der Waals surface area contributed by atoms with Crippen LogP contribution in [0.1, 0.15) is 20.3 Å². The van der Waals surface area contributed by atoms with Crippen molar-refractivity contribution in [2.75, 3.05) is 53.0 Å². The van der Waals surface area contributed by atoms with E-state index < -0.39 is 12.7 Å². The molecule has 0 bridgehead atoms. The second-order valence-corrected chi connectivity index (χ2v) is 4.59. The molecule has 0 amide bonds. The zero-order valence-corrected chi connectivity index (χ0v) is 15.8. The van der Waals surface area contributed by atoms with Crippen molar-refractivity contribution >= 4 is 29.9 Å². The highest BCUT2D eigenvalue weighted by molar-refractivity contribution is 14.0. The van der Waals surface area contributed by atoms with E-state index in [0.717, 1.165) is 6.54 Å². The number of nitrogens with one attached hydrogen (secondary N) is 2. The molecule has 0 heterocycles. The number of ether oxygens (including phenoxy) is 1. The normalized spacial score (nSPS) is 12.2. The Balaban J connectivity index is 0. The fourth-order valence-electron chi connectivity index (χ4n) is 1.64. The van der Waals surface area contributed by atoms with E-state index in [0.29, 0.717) is 45.2 Å². The van der Waals surface area contributed by atoms with Gasteiger partial charge in [-0.1, -0.05) is 0 Å². The summed E-state index contributed by atoms with van der Waals surface area (Å²) < 4.78 is 41.6. The van der Waals surface area contributed by atoms with E-state index in [1.165, 1.54) is 11.9 Å². The maximum absolute atomic E-state index is 12.1. The number of hydrogen-bond acceptors (Lipinski definition) is 3. The first-order valence-corrected chi connectivity index (χ1v) is 7.24. The maximum Gasteiger partial charge on any atom is 0.401 e. The second kappa shape index (κ2) is 14.3. The lowest BCUT2D eigenvalue weighted by atomic mass is 10.4. The van der Waals surface area contributed by atoms with Crippen molar-refractivity contribution in [1.82, 2.24) is 15.5 Å². The van der Waals surface area contributed by atoms with Crippen LogP contribution in [-0.2, 0) is 4.74 Å². The highest BCUT2D eigenvalue weighted by atomic mass is 127. The van der Waals surface area contributed by atoms with Crippen molar-refractivity contribution in [2.24, 2.45) is 4.99 Å². The van der Waals surface area contributed by atoms with Gasteiger partial charge in [0.05, 0.1) is 13.2 Å². The number of aliphatic imine (C=N–C) groups is 1. The third-order valence-corrected chi connectivity index (χ3v) is 2.50. The average Bonchev–Trinajstić information content (AvgIpc) is 2.37. The van der Waals surface area contributed by atoms with E-state index in [9.17, 15) is 13.2 Å². The van der Waals surface area contributed by atoms with Crippen LogP contribution in [-0.4, -0.2) is 70.0 Å². The van der Waals surface area contributed by atoms with Crippen LogP contribution in [0.15, 0.2) is 4.99 Å². The lowest BCUT2D eigenvalue weighted by Gasteiger charge is -2.18. The lowest BCUT2D eigenvalue weighted by Crippen LogP contribution is -2.39. The fraction of sp³-hybridized carbons (Fsp3) is 0.923. The maximum atomic E-state index is 12.1. The molecule has 0 saturated heterocycles. The quantitative estimate of drug-likeness (QED) is 0.237. The fourth-order valence-corrected chi connectivity index (χ4v) is 1.64. The van der Waals surface area contributed by atoms with Gasteiger partial charge in [0, 0.05) is 26.2 Å². The molecule has 0 aromatic carbocycles. The molecule has 2 N–H and O–H groups in total. The molecule has 5 nitrogen and oxygen atoms in total. The first-order chi connectivity index (χ1) is 9.89. The molecule has 0 atom stereocenters. The molecule has 134 valence electrons. The van der Waals surface area contributed by atoms with Gasteiger partial charge in [0.1, 0.15) is 0 Å². The minimum atomic E-state index is -4.15. The van der Waals surface area contributed by atoms with Gasteiger partial charge in [-0.2, -0.15) is 13.2 Å². The van der Waals surface area contributed by atoms with Crippen LogP contribution in [0.4, 0.5) is 13.2 Å². The van der Waals surface area contributed by atoms with Crippen LogP contribution < -0.4 is 10.6 Å². The van der Waals surface area contributed by atoms with E-state index in [1.54, 1.807) is 0 Å². The number of nitrogens with zero attached hydrogens (tertiary/aromatic N) is 2. The van der Waals surface area contributed by atoms with Crippen molar-refractivity contribution in [1.29, 1.82) is 0 Å². The molecule has 0 fully saturated rings. The molecule has 0 aliphatic carbocycles. The number of hydrogen-bond donors (Lipinski definition) is 2. The lowest BCUT2D eigenvalue weighted by molar-refractivity contribution is -0.143. The van der Waals surface area contributed by atoms with Crippen LogP contribution in [0, 0.1) is 0 Å². The van der Waals surface area contributed by atoms with Crippen LogP contribution in [0.2, 0.25) is 0 Å². The van der Waals surface area contributed by atoms with Crippen molar-refractivity contribution in [3.05, 3.63) is 0 Å². The number of rotatable bonds is 10. The summed E-state index contributed by atoms with van der Waals surface area (Å²) >= 11 is 0. The third kappa shape index (κ3) is 16.1. The zero-order chi connectivity index (χ0) is 16.1. The summed E-state index contributed by atoms with van der Waals surface area (Å²) in [5.41, 5.74) is 0. The predicted octanol–water partition coefficient (Wildman–Crippen LogP) is 2.08. The van der Waals surface area contributed by atoms with E-state index in [2.05, 4.69) is 15.6 Å². The number of halogens is 4. The number of alkyl halides is 3. The van der Waals surface area contributed by atoms with Gasteiger partial charge in [-0.3, -0.25) is 9.89 Å². The van der Waals surface area contributed by atoms with E-state index >= 15 is 0 Å². The molecule has 0 rings (SSSR count). The zero-order valence-electron chi connectivity index (χ0n) is 13.5. The Kier molecular flexibility index (Phi) is 15.6. The molecular weight excluding hydrogens is 412 g/mol. The standard InChI is InChI=1S/C13H27F3N4O.HI/c1-4-17-12(19-8-10-21-5-2)18-7-6-9-20(3)11-13(14,15)16;/h4-11H2,1-3H3,(H2,17,18,19);1H. The summed E-state index contributed by atoms with van der Waals surface area (Å²) in [7, 11) is 1.46. The van der Waals surface area contributed by atoms with Crippen molar-refractivity contribution in [3.8, 4) is 0 Å². The van der Waals surface area contributed by atoms with Crippen LogP contribution in [0.3, 0.4) is 0 Å². The predicted molar refractivity (Wildman–Crippen MR) is 94.1 cm³/mol. The minimum Gasteiger partial charge on any atom is -0.380 e.